The first-order valence-electron chi connectivity index (χ1n) is 26.6. The molecule has 64 heavy (non-hydrogen) atoms. The summed E-state index contributed by atoms with van der Waals surface area (Å²) in [5.74, 6) is -0.228. The minimum atomic E-state index is -1.57. The fraction of sp³-hybridized carbons (Fsp3) is 0.887. The number of hydrogen-bond acceptors (Lipinski definition) is 10. The molecule has 0 aromatic carbocycles. The fourth-order valence-electron chi connectivity index (χ4n) is 8.25. The number of allylic oxidation sites excluding steroid dienone is 3. The summed E-state index contributed by atoms with van der Waals surface area (Å²) in [6.45, 7) is 4.25. The number of nitrogens with one attached hydrogen (secondary N) is 1. The van der Waals surface area contributed by atoms with Crippen LogP contribution in [0.3, 0.4) is 0 Å². The van der Waals surface area contributed by atoms with Crippen molar-refractivity contribution in [2.24, 2.45) is 0 Å². The highest BCUT2D eigenvalue weighted by Crippen LogP contribution is 2.23. The second-order valence-electron chi connectivity index (χ2n) is 18.6. The molecule has 0 saturated carbocycles. The molecule has 6 N–H and O–H groups in total. The lowest BCUT2D eigenvalue weighted by Gasteiger charge is -2.40. The maximum absolute atomic E-state index is 13.0. The highest BCUT2D eigenvalue weighted by molar-refractivity contribution is 5.76. The topological polar surface area (TPSA) is 175 Å². The highest BCUT2D eigenvalue weighted by atomic mass is 16.7. The van der Waals surface area contributed by atoms with Gasteiger partial charge in [-0.15, -0.1) is 0 Å². The molecular weight excluding hydrogens is 811 g/mol. The lowest BCUT2D eigenvalue weighted by molar-refractivity contribution is -0.302. The summed E-state index contributed by atoms with van der Waals surface area (Å²) >= 11 is 0. The third-order valence-corrected chi connectivity index (χ3v) is 12.6. The summed E-state index contributed by atoms with van der Waals surface area (Å²) in [6.07, 6.45) is 39.7. The van der Waals surface area contributed by atoms with E-state index in [1.165, 1.54) is 141 Å². The smallest absolute Gasteiger partial charge is 0.305 e. The van der Waals surface area contributed by atoms with E-state index in [1.54, 1.807) is 6.08 Å². The molecule has 1 amide bonds. The largest absolute Gasteiger partial charge is 0.466 e. The zero-order valence-electron chi connectivity index (χ0n) is 41.0. The van der Waals surface area contributed by atoms with Gasteiger partial charge < -0.3 is 45.1 Å². The van der Waals surface area contributed by atoms with Crippen LogP contribution in [0.2, 0.25) is 0 Å². The molecule has 7 unspecified atom stereocenters. The second kappa shape index (κ2) is 43.7. The number of aliphatic hydroxyl groups is 5. The van der Waals surface area contributed by atoms with E-state index in [4.69, 9.17) is 14.2 Å². The Kier molecular flexibility index (Phi) is 41.1. The van der Waals surface area contributed by atoms with E-state index in [-0.39, 0.29) is 18.5 Å². The Balaban J connectivity index is 2.10. The third kappa shape index (κ3) is 33.6. The Bertz CT molecular complexity index is 1120. The van der Waals surface area contributed by atoms with Gasteiger partial charge in [0.2, 0.25) is 5.91 Å². The van der Waals surface area contributed by atoms with Crippen molar-refractivity contribution in [3.05, 3.63) is 24.3 Å². The van der Waals surface area contributed by atoms with E-state index in [9.17, 15) is 35.1 Å². The molecule has 0 aromatic rings. The van der Waals surface area contributed by atoms with Gasteiger partial charge in [0.05, 0.1) is 32.0 Å². The molecule has 0 spiro atoms. The van der Waals surface area contributed by atoms with Crippen LogP contribution in [-0.2, 0) is 23.8 Å². The maximum atomic E-state index is 13.0. The quantitative estimate of drug-likeness (QED) is 0.0196. The Labute approximate surface area is 391 Å². The standard InChI is InChI=1S/C53H99NO10/c1-3-5-7-9-11-13-14-17-21-25-29-33-37-41-49(58)62-42-38-34-30-26-22-19-16-15-18-20-24-28-32-36-40-48(57)54-45(46(56)39-35-31-27-23-12-10-8-6-4-2)44-63-53-52(61)51(60)50(59)47(43-55)64-53/h13-14,35,39,45-47,50-53,55-56,59-61H,3-12,15-34,36-38,40-44H2,1-2H3,(H,54,57)/b14-13-,39-35+. The van der Waals surface area contributed by atoms with Crippen LogP contribution in [0.25, 0.3) is 0 Å². The number of ether oxygens (including phenoxy) is 3. The van der Waals surface area contributed by atoms with Crippen LogP contribution < -0.4 is 5.32 Å². The summed E-state index contributed by atoms with van der Waals surface area (Å²) in [7, 11) is 0. The SMILES string of the molecule is CCCCCC/C=C\CCCCCCCC(=O)OCCCCCCCCCCCCCCCCC(=O)NC(COC1OC(CO)C(O)C(O)C1O)C(O)/C=C/CCCCCCCCC. The molecule has 1 aliphatic heterocycles. The Morgan fingerprint density at radius 3 is 1.52 bits per heavy atom. The van der Waals surface area contributed by atoms with Crippen molar-refractivity contribution < 1.29 is 49.3 Å². The molecule has 0 radical (unpaired) electrons. The van der Waals surface area contributed by atoms with Gasteiger partial charge in [0.15, 0.2) is 6.29 Å². The van der Waals surface area contributed by atoms with Crippen molar-refractivity contribution in [2.45, 2.75) is 281 Å². The minimum absolute atomic E-state index is 0.0326. The molecule has 1 saturated heterocycles. The molecule has 11 nitrogen and oxygen atoms in total. The number of carbonyl (C=O) groups is 2. The van der Waals surface area contributed by atoms with Gasteiger partial charge in [0.25, 0.3) is 0 Å². The molecule has 7 atom stereocenters. The zero-order chi connectivity index (χ0) is 46.7. The van der Waals surface area contributed by atoms with Gasteiger partial charge in [0.1, 0.15) is 24.4 Å². The zero-order valence-corrected chi connectivity index (χ0v) is 41.0. The van der Waals surface area contributed by atoms with Crippen molar-refractivity contribution in [1.29, 1.82) is 0 Å². The van der Waals surface area contributed by atoms with E-state index in [2.05, 4.69) is 31.3 Å². The van der Waals surface area contributed by atoms with Crippen molar-refractivity contribution >= 4 is 11.9 Å². The van der Waals surface area contributed by atoms with Gasteiger partial charge in [-0.25, -0.2) is 0 Å². The van der Waals surface area contributed by atoms with E-state index >= 15 is 0 Å². The Morgan fingerprint density at radius 2 is 1.00 bits per heavy atom. The van der Waals surface area contributed by atoms with Crippen molar-refractivity contribution in [3.8, 4) is 0 Å². The lowest BCUT2D eigenvalue weighted by Crippen LogP contribution is -2.60. The van der Waals surface area contributed by atoms with Gasteiger partial charge in [0, 0.05) is 12.8 Å². The van der Waals surface area contributed by atoms with Gasteiger partial charge in [-0.2, -0.15) is 0 Å². The minimum Gasteiger partial charge on any atom is -0.466 e. The molecule has 1 fully saturated rings. The molecule has 1 aliphatic rings. The van der Waals surface area contributed by atoms with Crippen LogP contribution in [0.4, 0.5) is 0 Å². The van der Waals surface area contributed by atoms with Crippen LogP contribution in [0.1, 0.15) is 239 Å². The third-order valence-electron chi connectivity index (χ3n) is 12.6. The van der Waals surface area contributed by atoms with Crippen molar-refractivity contribution in [2.75, 3.05) is 19.8 Å². The second-order valence-corrected chi connectivity index (χ2v) is 18.6. The van der Waals surface area contributed by atoms with E-state index in [1.807, 2.05) is 6.08 Å². The van der Waals surface area contributed by atoms with E-state index < -0.39 is 49.5 Å². The predicted molar refractivity (Wildman–Crippen MR) is 260 cm³/mol. The van der Waals surface area contributed by atoms with Crippen LogP contribution >= 0.6 is 0 Å². The molecule has 11 heteroatoms. The molecular formula is C53H99NO10. The molecule has 1 rings (SSSR count). The first-order chi connectivity index (χ1) is 31.2. The molecule has 0 bridgehead atoms. The van der Waals surface area contributed by atoms with Crippen molar-refractivity contribution in [3.63, 3.8) is 0 Å². The summed E-state index contributed by atoms with van der Waals surface area (Å²) < 4.78 is 16.6. The van der Waals surface area contributed by atoms with E-state index in [0.717, 1.165) is 70.6 Å². The van der Waals surface area contributed by atoms with Crippen LogP contribution in [0.15, 0.2) is 24.3 Å². The van der Waals surface area contributed by atoms with Gasteiger partial charge in [-0.3, -0.25) is 9.59 Å². The Hall–Kier alpha value is -1.86. The molecule has 1 heterocycles. The molecule has 376 valence electrons. The van der Waals surface area contributed by atoms with Crippen LogP contribution in [0.5, 0.6) is 0 Å². The number of carbonyl (C=O) groups excluding carboxylic acids is 2. The maximum Gasteiger partial charge on any atom is 0.305 e. The van der Waals surface area contributed by atoms with Crippen LogP contribution in [-0.4, -0.2) is 100 Å². The van der Waals surface area contributed by atoms with Gasteiger partial charge in [-0.1, -0.05) is 192 Å². The number of aliphatic hydroxyl groups excluding tert-OH is 5. The Morgan fingerprint density at radius 1 is 0.562 bits per heavy atom. The van der Waals surface area contributed by atoms with Crippen LogP contribution in [0, 0.1) is 0 Å². The molecule has 0 aromatic heterocycles. The first kappa shape index (κ1) is 60.2. The number of amides is 1. The fourth-order valence-corrected chi connectivity index (χ4v) is 8.25. The normalized spacial score (nSPS) is 20.0. The summed E-state index contributed by atoms with van der Waals surface area (Å²) in [5, 5.41) is 54.1. The number of unbranched alkanes of at least 4 members (excludes halogenated alkanes) is 29. The summed E-state index contributed by atoms with van der Waals surface area (Å²) in [4.78, 5) is 25.0. The number of hydrogen-bond donors (Lipinski definition) is 6. The molecule has 0 aliphatic carbocycles. The predicted octanol–water partition coefficient (Wildman–Crippen LogP) is 11.0. The summed E-state index contributed by atoms with van der Waals surface area (Å²) in [6, 6.07) is -0.816. The first-order valence-corrected chi connectivity index (χ1v) is 26.6. The summed E-state index contributed by atoms with van der Waals surface area (Å²) in [5.41, 5.74) is 0. The number of esters is 1. The highest BCUT2D eigenvalue weighted by Gasteiger charge is 2.44. The van der Waals surface area contributed by atoms with Gasteiger partial charge >= 0.3 is 5.97 Å². The van der Waals surface area contributed by atoms with E-state index in [0.29, 0.717) is 19.4 Å². The van der Waals surface area contributed by atoms with Gasteiger partial charge in [-0.05, 0) is 57.8 Å². The monoisotopic (exact) mass is 910 g/mol. The number of rotatable bonds is 45. The average Bonchev–Trinajstić information content (AvgIpc) is 3.29. The van der Waals surface area contributed by atoms with Crippen molar-refractivity contribution in [1.82, 2.24) is 5.32 Å². The lowest BCUT2D eigenvalue weighted by atomic mass is 9.99. The average molecular weight is 910 g/mol.